The van der Waals surface area contributed by atoms with Crippen LogP contribution in [0.3, 0.4) is 0 Å². The third-order valence-electron chi connectivity index (χ3n) is 2.36. The largest absolute Gasteiger partial charge is 0.381 e. The van der Waals surface area contributed by atoms with Gasteiger partial charge in [-0.25, -0.2) is 0 Å². The van der Waals surface area contributed by atoms with Crippen LogP contribution >= 0.6 is 11.6 Å². The molecule has 0 spiro atoms. The third kappa shape index (κ3) is 1.86. The molecule has 0 heterocycles. The summed E-state index contributed by atoms with van der Waals surface area (Å²) in [5.74, 6) is 0.694. The van der Waals surface area contributed by atoms with Gasteiger partial charge in [0.2, 0.25) is 0 Å². The fourth-order valence-corrected chi connectivity index (χ4v) is 1.86. The second-order valence-corrected chi connectivity index (χ2v) is 3.78. The van der Waals surface area contributed by atoms with Crippen LogP contribution in [0, 0.1) is 5.92 Å². The molecule has 0 aromatic rings. The van der Waals surface area contributed by atoms with Crippen molar-refractivity contribution in [3.8, 4) is 0 Å². The summed E-state index contributed by atoms with van der Waals surface area (Å²) in [6.45, 7) is 2.23. The summed E-state index contributed by atoms with van der Waals surface area (Å²) < 4.78 is 5.29. The van der Waals surface area contributed by atoms with Crippen molar-refractivity contribution in [2.45, 2.75) is 37.7 Å². The average Bonchev–Trinajstić information content (AvgIpc) is 1.94. The summed E-state index contributed by atoms with van der Waals surface area (Å²) in [5, 5.41) is 0.348. The summed E-state index contributed by atoms with van der Waals surface area (Å²) in [4.78, 5) is 0. The van der Waals surface area contributed by atoms with Crippen LogP contribution < -0.4 is 0 Å². The molecule has 60 valence electrons. The number of hydrogen-bond acceptors (Lipinski definition) is 1. The molecule has 3 unspecified atom stereocenters. The van der Waals surface area contributed by atoms with Crippen molar-refractivity contribution in [3.63, 3.8) is 0 Å². The molecule has 1 saturated carbocycles. The van der Waals surface area contributed by atoms with E-state index >= 15 is 0 Å². The summed E-state index contributed by atoms with van der Waals surface area (Å²) in [7, 11) is 1.77. The molecule has 1 aliphatic rings. The van der Waals surface area contributed by atoms with Crippen LogP contribution in [-0.4, -0.2) is 18.6 Å². The van der Waals surface area contributed by atoms with E-state index in [1.807, 2.05) is 0 Å². The molecule has 3 atom stereocenters. The van der Waals surface area contributed by atoms with E-state index in [1.165, 1.54) is 6.42 Å². The number of rotatable bonds is 1. The topological polar surface area (TPSA) is 9.23 Å². The van der Waals surface area contributed by atoms with Crippen molar-refractivity contribution >= 4 is 11.6 Å². The molecule has 0 aliphatic heterocycles. The highest BCUT2D eigenvalue weighted by Crippen LogP contribution is 2.29. The van der Waals surface area contributed by atoms with Gasteiger partial charge in [0.1, 0.15) is 0 Å². The standard InChI is InChI=1S/C8H15ClO/c1-6-3-4-7(9)5-8(6)10-2/h6-8H,3-5H2,1-2H3. The zero-order chi connectivity index (χ0) is 7.56. The Hall–Kier alpha value is 0.250. The Bertz CT molecular complexity index is 105. The Labute approximate surface area is 67.7 Å². The first-order valence-electron chi connectivity index (χ1n) is 3.91. The van der Waals surface area contributed by atoms with Gasteiger partial charge in [-0.1, -0.05) is 6.92 Å². The minimum atomic E-state index is 0.348. The Kier molecular flexibility index (Phi) is 2.99. The van der Waals surface area contributed by atoms with Gasteiger partial charge in [0.05, 0.1) is 6.10 Å². The molecule has 1 aliphatic carbocycles. The lowest BCUT2D eigenvalue weighted by Crippen LogP contribution is -2.29. The van der Waals surface area contributed by atoms with Gasteiger partial charge in [-0.3, -0.25) is 0 Å². The molecule has 1 nitrogen and oxygen atoms in total. The summed E-state index contributed by atoms with van der Waals surface area (Å²) in [5.41, 5.74) is 0. The van der Waals surface area contributed by atoms with E-state index in [9.17, 15) is 0 Å². The maximum Gasteiger partial charge on any atom is 0.0610 e. The van der Waals surface area contributed by atoms with E-state index in [2.05, 4.69) is 6.92 Å². The fraction of sp³-hybridized carbons (Fsp3) is 1.00. The van der Waals surface area contributed by atoms with E-state index in [0.717, 1.165) is 12.8 Å². The predicted molar refractivity (Wildman–Crippen MR) is 43.5 cm³/mol. The van der Waals surface area contributed by atoms with Gasteiger partial charge in [-0.15, -0.1) is 11.6 Å². The molecular weight excluding hydrogens is 148 g/mol. The molecule has 0 saturated heterocycles. The number of methoxy groups -OCH3 is 1. The van der Waals surface area contributed by atoms with Gasteiger partial charge >= 0.3 is 0 Å². The molecule has 0 bridgehead atoms. The quantitative estimate of drug-likeness (QED) is 0.539. The molecule has 1 fully saturated rings. The summed E-state index contributed by atoms with van der Waals surface area (Å²) in [6.07, 6.45) is 3.80. The van der Waals surface area contributed by atoms with Crippen LogP contribution in [-0.2, 0) is 4.74 Å². The van der Waals surface area contributed by atoms with E-state index in [-0.39, 0.29) is 0 Å². The normalized spacial score (nSPS) is 41.7. The van der Waals surface area contributed by atoms with E-state index in [4.69, 9.17) is 16.3 Å². The Morgan fingerprint density at radius 2 is 2.10 bits per heavy atom. The molecule has 0 aromatic heterocycles. The van der Waals surface area contributed by atoms with Gasteiger partial charge in [-0.05, 0) is 25.2 Å². The molecule has 0 aromatic carbocycles. The van der Waals surface area contributed by atoms with Crippen molar-refractivity contribution < 1.29 is 4.74 Å². The summed E-state index contributed by atoms with van der Waals surface area (Å²) >= 11 is 5.98. The molecule has 0 radical (unpaired) electrons. The maximum absolute atomic E-state index is 5.98. The van der Waals surface area contributed by atoms with Gasteiger partial charge in [0.25, 0.3) is 0 Å². The van der Waals surface area contributed by atoms with Gasteiger partial charge < -0.3 is 4.74 Å². The summed E-state index contributed by atoms with van der Waals surface area (Å²) in [6, 6.07) is 0. The number of alkyl halides is 1. The van der Waals surface area contributed by atoms with Gasteiger partial charge in [0.15, 0.2) is 0 Å². The molecule has 10 heavy (non-hydrogen) atoms. The minimum absolute atomic E-state index is 0.348. The van der Waals surface area contributed by atoms with E-state index < -0.39 is 0 Å². The fourth-order valence-electron chi connectivity index (χ4n) is 1.56. The Morgan fingerprint density at radius 3 is 2.60 bits per heavy atom. The van der Waals surface area contributed by atoms with Gasteiger partial charge in [0, 0.05) is 12.5 Å². The second kappa shape index (κ2) is 3.59. The van der Waals surface area contributed by atoms with Crippen molar-refractivity contribution in [1.82, 2.24) is 0 Å². The minimum Gasteiger partial charge on any atom is -0.381 e. The third-order valence-corrected chi connectivity index (χ3v) is 2.76. The number of hydrogen-bond donors (Lipinski definition) is 0. The molecule has 0 N–H and O–H groups in total. The highest BCUT2D eigenvalue weighted by atomic mass is 35.5. The van der Waals surface area contributed by atoms with Crippen molar-refractivity contribution in [2.24, 2.45) is 5.92 Å². The highest BCUT2D eigenvalue weighted by molar-refractivity contribution is 6.20. The predicted octanol–water partition coefficient (Wildman–Crippen LogP) is 2.43. The van der Waals surface area contributed by atoms with Crippen LogP contribution in [0.4, 0.5) is 0 Å². The van der Waals surface area contributed by atoms with Crippen LogP contribution in [0.15, 0.2) is 0 Å². The lowest BCUT2D eigenvalue weighted by Gasteiger charge is -2.30. The van der Waals surface area contributed by atoms with E-state index in [1.54, 1.807) is 7.11 Å². The van der Waals surface area contributed by atoms with E-state index in [0.29, 0.717) is 17.4 Å². The first-order chi connectivity index (χ1) is 4.74. The molecule has 1 rings (SSSR count). The first-order valence-corrected chi connectivity index (χ1v) is 4.34. The molecule has 2 heteroatoms. The SMILES string of the molecule is COC1CC(Cl)CCC1C. The van der Waals surface area contributed by atoms with Crippen LogP contribution in [0.1, 0.15) is 26.2 Å². The molecule has 0 amide bonds. The van der Waals surface area contributed by atoms with Gasteiger partial charge in [-0.2, -0.15) is 0 Å². The zero-order valence-corrected chi connectivity index (χ0v) is 7.40. The Balaban J connectivity index is 2.38. The second-order valence-electron chi connectivity index (χ2n) is 3.16. The maximum atomic E-state index is 5.98. The smallest absolute Gasteiger partial charge is 0.0610 e. The van der Waals surface area contributed by atoms with Crippen LogP contribution in [0.2, 0.25) is 0 Å². The lowest BCUT2D eigenvalue weighted by atomic mass is 9.88. The highest BCUT2D eigenvalue weighted by Gasteiger charge is 2.25. The number of ether oxygens (including phenoxy) is 1. The van der Waals surface area contributed by atoms with Crippen molar-refractivity contribution in [2.75, 3.05) is 7.11 Å². The van der Waals surface area contributed by atoms with Crippen LogP contribution in [0.5, 0.6) is 0 Å². The van der Waals surface area contributed by atoms with Crippen LogP contribution in [0.25, 0.3) is 0 Å². The number of halogens is 1. The lowest BCUT2D eigenvalue weighted by molar-refractivity contribution is 0.0324. The van der Waals surface area contributed by atoms with Crippen molar-refractivity contribution in [1.29, 1.82) is 0 Å². The zero-order valence-electron chi connectivity index (χ0n) is 6.64. The first kappa shape index (κ1) is 8.35. The Morgan fingerprint density at radius 1 is 1.40 bits per heavy atom. The monoisotopic (exact) mass is 162 g/mol. The molecular formula is C8H15ClO. The average molecular weight is 163 g/mol. The van der Waals surface area contributed by atoms with Crippen molar-refractivity contribution in [3.05, 3.63) is 0 Å².